The quantitative estimate of drug-likeness (QED) is 0.152. The summed E-state index contributed by atoms with van der Waals surface area (Å²) in [4.78, 5) is 12.2. The maximum atomic E-state index is 12.2. The van der Waals surface area contributed by atoms with Gasteiger partial charge in [0.05, 0.1) is 12.0 Å². The third-order valence-corrected chi connectivity index (χ3v) is 8.40. The van der Waals surface area contributed by atoms with E-state index in [-0.39, 0.29) is 11.7 Å². The van der Waals surface area contributed by atoms with Crippen molar-refractivity contribution >= 4 is 68.5 Å². The Hall–Kier alpha value is -3.20. The average molecular weight is 501 g/mol. The molecule has 0 radical (unpaired) electrons. The maximum Gasteiger partial charge on any atom is 0.250 e. The first-order valence-corrected chi connectivity index (χ1v) is 13.4. The number of fused-ring (bicyclic) bond motifs is 2. The van der Waals surface area contributed by atoms with Gasteiger partial charge in [0.1, 0.15) is 0 Å². The lowest BCUT2D eigenvalue weighted by Crippen LogP contribution is -2.19. The minimum Gasteiger partial charge on any atom is -0.272 e. The molecular weight excluding hydrogens is 481 g/mol. The Labute approximate surface area is 209 Å². The van der Waals surface area contributed by atoms with Crippen LogP contribution in [0.4, 0.5) is 0 Å². The fraction of sp³-hybridized carbons (Fsp3) is 0.0769. The lowest BCUT2D eigenvalue weighted by atomic mass is 10.1. The van der Waals surface area contributed by atoms with Crippen molar-refractivity contribution in [2.75, 3.05) is 5.75 Å². The number of nitrogens with zero attached hydrogens (tertiary/aromatic N) is 3. The third-order valence-electron chi connectivity index (χ3n) is 5.16. The van der Waals surface area contributed by atoms with Crippen molar-refractivity contribution in [2.45, 2.75) is 14.4 Å². The van der Waals surface area contributed by atoms with Gasteiger partial charge in [0.25, 0.3) is 5.91 Å². The van der Waals surface area contributed by atoms with E-state index in [2.05, 4.69) is 75.3 Å². The second-order valence-electron chi connectivity index (χ2n) is 7.41. The van der Waals surface area contributed by atoms with Crippen LogP contribution in [0.5, 0.6) is 0 Å². The molecule has 0 atom stereocenters. The summed E-state index contributed by atoms with van der Waals surface area (Å²) in [7, 11) is 0. The molecular formula is C26H20N4OS3. The highest BCUT2D eigenvalue weighted by atomic mass is 32.2. The van der Waals surface area contributed by atoms with Gasteiger partial charge in [-0.25, -0.2) is 5.43 Å². The van der Waals surface area contributed by atoms with Crippen molar-refractivity contribution in [3.63, 3.8) is 0 Å². The van der Waals surface area contributed by atoms with Gasteiger partial charge >= 0.3 is 0 Å². The van der Waals surface area contributed by atoms with Crippen LogP contribution in [0.25, 0.3) is 21.5 Å². The van der Waals surface area contributed by atoms with E-state index in [1.165, 1.54) is 39.4 Å². The van der Waals surface area contributed by atoms with E-state index in [4.69, 9.17) is 0 Å². The Bertz CT molecular complexity index is 1470. The van der Waals surface area contributed by atoms with Crippen molar-refractivity contribution in [1.82, 2.24) is 15.6 Å². The Morgan fingerprint density at radius 3 is 2.29 bits per heavy atom. The maximum absolute atomic E-state index is 12.2. The van der Waals surface area contributed by atoms with Crippen LogP contribution in [-0.2, 0) is 10.5 Å². The van der Waals surface area contributed by atoms with Gasteiger partial charge in [0.15, 0.2) is 8.68 Å². The number of benzene rings is 4. The largest absolute Gasteiger partial charge is 0.272 e. The Balaban J connectivity index is 1.12. The Kier molecular flexibility index (Phi) is 7.19. The monoisotopic (exact) mass is 500 g/mol. The summed E-state index contributed by atoms with van der Waals surface area (Å²) in [6.07, 6.45) is 1.68. The van der Waals surface area contributed by atoms with Gasteiger partial charge in [0.2, 0.25) is 0 Å². The number of hydrazone groups is 1. The molecule has 5 nitrogen and oxygen atoms in total. The number of rotatable bonds is 8. The van der Waals surface area contributed by atoms with Crippen LogP contribution >= 0.6 is 34.9 Å². The number of carbonyl (C=O) groups is 1. The third kappa shape index (κ3) is 5.47. The molecule has 4 aromatic carbocycles. The van der Waals surface area contributed by atoms with Crippen LogP contribution in [-0.4, -0.2) is 28.1 Å². The average Bonchev–Trinajstić information content (AvgIpc) is 3.34. The van der Waals surface area contributed by atoms with E-state index >= 15 is 0 Å². The highest BCUT2D eigenvalue weighted by Gasteiger charge is 2.09. The van der Waals surface area contributed by atoms with Gasteiger partial charge in [-0.05, 0) is 27.1 Å². The molecule has 5 rings (SSSR count). The predicted octanol–water partition coefficient (Wildman–Crippen LogP) is 6.38. The SMILES string of the molecule is O=C(CSc1nnc(SCc2cccc3ccccc23)s1)NN=Cc1cccc2ccccc12. The first kappa shape index (κ1) is 22.6. The Morgan fingerprint density at radius 1 is 0.824 bits per heavy atom. The zero-order valence-electron chi connectivity index (χ0n) is 18.0. The molecule has 5 aromatic rings. The number of amides is 1. The first-order valence-electron chi connectivity index (χ1n) is 10.6. The smallest absolute Gasteiger partial charge is 0.250 e. The van der Waals surface area contributed by atoms with Crippen molar-refractivity contribution in [1.29, 1.82) is 0 Å². The summed E-state index contributed by atoms with van der Waals surface area (Å²) in [6, 6.07) is 28.8. The van der Waals surface area contributed by atoms with E-state index in [1.807, 2.05) is 30.3 Å². The fourth-order valence-electron chi connectivity index (χ4n) is 3.57. The molecule has 0 aliphatic rings. The zero-order valence-corrected chi connectivity index (χ0v) is 20.5. The molecule has 0 saturated heterocycles. The number of thioether (sulfide) groups is 2. The molecule has 1 aromatic heterocycles. The van der Waals surface area contributed by atoms with E-state index in [9.17, 15) is 4.79 Å². The summed E-state index contributed by atoms with van der Waals surface area (Å²) in [5.74, 6) is 0.876. The zero-order chi connectivity index (χ0) is 23.2. The second kappa shape index (κ2) is 10.8. The Morgan fingerprint density at radius 2 is 1.47 bits per heavy atom. The summed E-state index contributed by atoms with van der Waals surface area (Å²) in [5, 5.41) is 17.3. The van der Waals surface area contributed by atoms with Gasteiger partial charge < -0.3 is 0 Å². The van der Waals surface area contributed by atoms with Crippen LogP contribution in [0, 0.1) is 0 Å². The number of carbonyl (C=O) groups excluding carboxylic acids is 1. The van der Waals surface area contributed by atoms with Gasteiger partial charge in [-0.2, -0.15) is 5.10 Å². The minimum atomic E-state index is -0.179. The van der Waals surface area contributed by atoms with Crippen LogP contribution in [0.1, 0.15) is 11.1 Å². The van der Waals surface area contributed by atoms with Crippen molar-refractivity contribution < 1.29 is 4.79 Å². The van der Waals surface area contributed by atoms with Gasteiger partial charge in [-0.3, -0.25) is 4.79 Å². The normalized spacial score (nSPS) is 11.4. The van der Waals surface area contributed by atoms with Crippen LogP contribution in [0.2, 0.25) is 0 Å². The second-order valence-corrected chi connectivity index (χ2v) is 10.8. The summed E-state index contributed by atoms with van der Waals surface area (Å²) >= 11 is 4.54. The number of nitrogens with one attached hydrogen (secondary N) is 1. The highest BCUT2D eigenvalue weighted by Crippen LogP contribution is 2.32. The summed E-state index contributed by atoms with van der Waals surface area (Å²) < 4.78 is 1.67. The molecule has 0 saturated carbocycles. The molecule has 0 unspecified atom stereocenters. The summed E-state index contributed by atoms with van der Waals surface area (Å²) in [5.41, 5.74) is 4.83. The summed E-state index contributed by atoms with van der Waals surface area (Å²) in [6.45, 7) is 0. The molecule has 168 valence electrons. The van der Waals surface area contributed by atoms with Gasteiger partial charge in [0, 0.05) is 11.3 Å². The van der Waals surface area contributed by atoms with E-state index < -0.39 is 0 Å². The minimum absolute atomic E-state index is 0.179. The van der Waals surface area contributed by atoms with Crippen LogP contribution in [0.3, 0.4) is 0 Å². The topological polar surface area (TPSA) is 67.2 Å². The molecule has 0 bridgehead atoms. The molecule has 1 amide bonds. The lowest BCUT2D eigenvalue weighted by molar-refractivity contribution is -0.118. The van der Waals surface area contributed by atoms with Crippen molar-refractivity contribution in [2.24, 2.45) is 5.10 Å². The number of aromatic nitrogens is 2. The predicted molar refractivity (Wildman–Crippen MR) is 144 cm³/mol. The molecule has 1 heterocycles. The molecule has 0 fully saturated rings. The van der Waals surface area contributed by atoms with Crippen LogP contribution < -0.4 is 5.43 Å². The van der Waals surface area contributed by atoms with Gasteiger partial charge in [-0.15, -0.1) is 10.2 Å². The molecule has 0 aliphatic heterocycles. The van der Waals surface area contributed by atoms with Crippen LogP contribution in [0.15, 0.2) is 98.7 Å². The standard InChI is InChI=1S/C26H20N4OS3/c31-24(28-27-15-20-11-5-9-18-7-1-3-13-22(18)20)17-33-26-30-29-25(34-26)32-16-21-12-6-10-19-8-2-4-14-23(19)21/h1-15H,16-17H2,(H,28,31). The van der Waals surface area contributed by atoms with E-state index in [1.54, 1.807) is 18.0 Å². The van der Waals surface area contributed by atoms with Crippen molar-refractivity contribution in [3.05, 3.63) is 96.1 Å². The molecule has 0 aliphatic carbocycles. The van der Waals surface area contributed by atoms with Gasteiger partial charge in [-0.1, -0.05) is 120 Å². The first-order chi connectivity index (χ1) is 16.8. The molecule has 8 heteroatoms. The highest BCUT2D eigenvalue weighted by molar-refractivity contribution is 8.03. The molecule has 0 spiro atoms. The van der Waals surface area contributed by atoms with E-state index in [0.717, 1.165) is 30.8 Å². The molecule has 34 heavy (non-hydrogen) atoms. The fourth-order valence-corrected chi connectivity index (χ4v) is 6.38. The number of hydrogen-bond acceptors (Lipinski definition) is 7. The lowest BCUT2D eigenvalue weighted by Gasteiger charge is -2.04. The van der Waals surface area contributed by atoms with E-state index in [0.29, 0.717) is 0 Å². The van der Waals surface area contributed by atoms with Crippen molar-refractivity contribution in [3.8, 4) is 0 Å². The molecule has 1 N–H and O–H groups in total. The number of hydrogen-bond donors (Lipinski definition) is 1.